The molecule has 11 heteroatoms. The molecule has 5 rings (SSSR count). The monoisotopic (exact) mass is 433 g/mol. The molecule has 0 atom stereocenters. The molecule has 0 bridgehead atoms. The molecule has 0 saturated heterocycles. The van der Waals surface area contributed by atoms with Crippen molar-refractivity contribution in [3.63, 3.8) is 0 Å². The van der Waals surface area contributed by atoms with Crippen LogP contribution < -0.4 is 5.32 Å². The van der Waals surface area contributed by atoms with Crippen molar-refractivity contribution >= 4 is 22.6 Å². The van der Waals surface area contributed by atoms with Crippen LogP contribution in [0.5, 0.6) is 0 Å². The van der Waals surface area contributed by atoms with E-state index < -0.39 is 18.4 Å². The number of nitrogens with zero attached hydrogens (tertiary/aromatic N) is 6. The molecule has 1 saturated carbocycles. The maximum absolute atomic E-state index is 13.4. The molecule has 0 spiro atoms. The summed E-state index contributed by atoms with van der Waals surface area (Å²) < 4.78 is 56.3. The van der Waals surface area contributed by atoms with Gasteiger partial charge in [0.25, 0.3) is 11.8 Å². The van der Waals surface area contributed by atoms with Crippen LogP contribution in [0.1, 0.15) is 31.6 Å². The number of alkyl halides is 4. The van der Waals surface area contributed by atoms with Crippen LogP contribution in [0.2, 0.25) is 0 Å². The van der Waals surface area contributed by atoms with Crippen molar-refractivity contribution in [1.29, 1.82) is 0 Å². The molecule has 1 N–H and O–H groups in total. The van der Waals surface area contributed by atoms with E-state index >= 15 is 0 Å². The first kappa shape index (κ1) is 19.7. The molecule has 162 valence electrons. The standard InChI is InChI=1S/C20H19F4N7/c1-11-28-17-15(31(11)13-6-20(23,24)7-13)5-12(8-25-17)14-3-4-30-16(14)9-26-18(29-30)27-10-19(2,21)22/h3-5,8-9,13H,6-7,10H2,1-2H3,(H,27,29). The second-order valence-corrected chi connectivity index (χ2v) is 8.08. The normalized spacial score (nSPS) is 16.7. The van der Waals surface area contributed by atoms with Crippen molar-refractivity contribution in [2.75, 3.05) is 11.9 Å². The highest BCUT2D eigenvalue weighted by atomic mass is 19.3. The van der Waals surface area contributed by atoms with E-state index in [4.69, 9.17) is 0 Å². The second-order valence-electron chi connectivity index (χ2n) is 8.08. The highest BCUT2D eigenvalue weighted by Gasteiger charge is 2.47. The third kappa shape index (κ3) is 3.57. The van der Waals surface area contributed by atoms with E-state index in [1.165, 1.54) is 10.7 Å². The molecule has 0 aliphatic heterocycles. The van der Waals surface area contributed by atoms with Gasteiger partial charge in [0.05, 0.1) is 23.8 Å². The van der Waals surface area contributed by atoms with Gasteiger partial charge >= 0.3 is 0 Å². The Labute approximate surface area is 174 Å². The molecule has 0 amide bonds. The first-order valence-electron chi connectivity index (χ1n) is 9.78. The van der Waals surface area contributed by atoms with Gasteiger partial charge in [0, 0.05) is 49.3 Å². The Bertz CT molecular complexity index is 1280. The summed E-state index contributed by atoms with van der Waals surface area (Å²) in [6, 6.07) is 3.38. The average molecular weight is 433 g/mol. The molecule has 1 aliphatic carbocycles. The van der Waals surface area contributed by atoms with Crippen molar-refractivity contribution in [1.82, 2.24) is 29.1 Å². The molecule has 0 radical (unpaired) electrons. The van der Waals surface area contributed by atoms with Gasteiger partial charge < -0.3 is 9.88 Å². The van der Waals surface area contributed by atoms with Crippen LogP contribution in [0.15, 0.2) is 30.7 Å². The maximum atomic E-state index is 13.4. The van der Waals surface area contributed by atoms with Crippen LogP contribution in [-0.2, 0) is 0 Å². The number of imidazole rings is 1. The van der Waals surface area contributed by atoms with Crippen LogP contribution in [-0.4, -0.2) is 47.5 Å². The zero-order valence-corrected chi connectivity index (χ0v) is 16.8. The van der Waals surface area contributed by atoms with Crippen molar-refractivity contribution < 1.29 is 17.6 Å². The van der Waals surface area contributed by atoms with Crippen molar-refractivity contribution in [2.45, 2.75) is 44.6 Å². The Morgan fingerprint density at radius 3 is 2.68 bits per heavy atom. The van der Waals surface area contributed by atoms with Crippen LogP contribution in [0.4, 0.5) is 23.5 Å². The lowest BCUT2D eigenvalue weighted by Crippen LogP contribution is -2.37. The first-order chi connectivity index (χ1) is 14.6. The number of hydrogen-bond acceptors (Lipinski definition) is 5. The number of anilines is 1. The zero-order valence-electron chi connectivity index (χ0n) is 16.8. The Kier molecular flexibility index (Phi) is 4.21. The van der Waals surface area contributed by atoms with Gasteiger partial charge in [-0.25, -0.2) is 37.0 Å². The lowest BCUT2D eigenvalue weighted by Gasteiger charge is -2.36. The summed E-state index contributed by atoms with van der Waals surface area (Å²) in [4.78, 5) is 12.9. The molecule has 4 aromatic heterocycles. The van der Waals surface area contributed by atoms with E-state index in [2.05, 4.69) is 25.4 Å². The fourth-order valence-electron chi connectivity index (χ4n) is 3.97. The average Bonchev–Trinajstić information content (AvgIpc) is 3.23. The Morgan fingerprint density at radius 1 is 1.19 bits per heavy atom. The summed E-state index contributed by atoms with van der Waals surface area (Å²) in [6.45, 7) is 2.02. The molecule has 31 heavy (non-hydrogen) atoms. The largest absolute Gasteiger partial charge is 0.347 e. The maximum Gasteiger partial charge on any atom is 0.262 e. The van der Waals surface area contributed by atoms with E-state index in [0.717, 1.165) is 18.1 Å². The third-order valence-corrected chi connectivity index (χ3v) is 5.44. The van der Waals surface area contributed by atoms with Gasteiger partial charge in [0.1, 0.15) is 5.82 Å². The molecular formula is C20H19F4N7. The van der Waals surface area contributed by atoms with Gasteiger partial charge in [0.15, 0.2) is 5.65 Å². The van der Waals surface area contributed by atoms with Crippen molar-refractivity contribution in [3.05, 3.63) is 36.5 Å². The molecule has 1 fully saturated rings. The molecule has 4 heterocycles. The molecule has 4 aromatic rings. The summed E-state index contributed by atoms with van der Waals surface area (Å²) >= 11 is 0. The number of rotatable bonds is 5. The Morgan fingerprint density at radius 2 is 1.97 bits per heavy atom. The second kappa shape index (κ2) is 6.63. The van der Waals surface area contributed by atoms with E-state index in [1.807, 2.05) is 16.7 Å². The molecule has 0 unspecified atom stereocenters. The predicted molar refractivity (Wildman–Crippen MR) is 107 cm³/mol. The van der Waals surface area contributed by atoms with E-state index in [-0.39, 0.29) is 24.8 Å². The summed E-state index contributed by atoms with van der Waals surface area (Å²) in [7, 11) is 0. The quantitative estimate of drug-likeness (QED) is 0.470. The van der Waals surface area contributed by atoms with Gasteiger partial charge in [-0.15, -0.1) is 5.10 Å². The topological polar surface area (TPSA) is 72.9 Å². The Hall–Kier alpha value is -3.24. The van der Waals surface area contributed by atoms with Crippen molar-refractivity contribution in [2.24, 2.45) is 0 Å². The molecule has 0 aromatic carbocycles. The number of hydrogen-bond donors (Lipinski definition) is 1. The fourth-order valence-corrected chi connectivity index (χ4v) is 3.97. The summed E-state index contributed by atoms with van der Waals surface area (Å²) in [6.07, 6.45) is 4.48. The van der Waals surface area contributed by atoms with E-state index in [0.29, 0.717) is 22.5 Å². The molecule has 1 aliphatic rings. The van der Waals surface area contributed by atoms with Crippen LogP contribution in [0.25, 0.3) is 27.8 Å². The van der Waals surface area contributed by atoms with Crippen LogP contribution >= 0.6 is 0 Å². The lowest BCUT2D eigenvalue weighted by atomic mass is 9.87. The number of aromatic nitrogens is 6. The summed E-state index contributed by atoms with van der Waals surface area (Å²) in [5, 5.41) is 6.73. The van der Waals surface area contributed by atoms with Crippen LogP contribution in [0.3, 0.4) is 0 Å². The van der Waals surface area contributed by atoms with Crippen LogP contribution in [0, 0.1) is 6.92 Å². The smallest absolute Gasteiger partial charge is 0.262 e. The zero-order chi connectivity index (χ0) is 22.0. The molecule has 7 nitrogen and oxygen atoms in total. The van der Waals surface area contributed by atoms with Gasteiger partial charge in [-0.2, -0.15) is 0 Å². The minimum atomic E-state index is -2.88. The minimum Gasteiger partial charge on any atom is -0.347 e. The highest BCUT2D eigenvalue weighted by molar-refractivity contribution is 5.85. The third-order valence-electron chi connectivity index (χ3n) is 5.44. The van der Waals surface area contributed by atoms with E-state index in [1.54, 1.807) is 19.3 Å². The van der Waals surface area contributed by atoms with Gasteiger partial charge in [-0.3, -0.25) is 0 Å². The Balaban J connectivity index is 1.50. The van der Waals surface area contributed by atoms with E-state index in [9.17, 15) is 17.6 Å². The number of fused-ring (bicyclic) bond motifs is 2. The van der Waals surface area contributed by atoms with Crippen molar-refractivity contribution in [3.8, 4) is 11.1 Å². The number of nitrogens with one attached hydrogen (secondary N) is 1. The summed E-state index contributed by atoms with van der Waals surface area (Å²) in [5.74, 6) is -4.78. The predicted octanol–water partition coefficient (Wildman–Crippen LogP) is 4.49. The number of halogens is 4. The number of aryl methyl sites for hydroxylation is 1. The van der Waals surface area contributed by atoms with Gasteiger partial charge in [-0.1, -0.05) is 0 Å². The lowest BCUT2D eigenvalue weighted by molar-refractivity contribution is -0.103. The van der Waals surface area contributed by atoms with Gasteiger partial charge in [0.2, 0.25) is 5.95 Å². The SMILES string of the molecule is Cc1nc2ncc(-c3ccn4nc(NCC(C)(F)F)ncc34)cc2n1C1CC(F)(F)C1. The summed E-state index contributed by atoms with van der Waals surface area (Å²) in [5.41, 5.74) is 3.40. The highest BCUT2D eigenvalue weighted by Crippen LogP contribution is 2.47. The fraction of sp³-hybridized carbons (Fsp3) is 0.400. The van der Waals surface area contributed by atoms with Gasteiger partial charge in [-0.05, 0) is 19.1 Å². The molecular weight excluding hydrogens is 414 g/mol. The number of pyridine rings is 1. The first-order valence-corrected chi connectivity index (χ1v) is 9.78. The minimum absolute atomic E-state index is 0.0874.